The first-order chi connectivity index (χ1) is 8.29. The molecule has 2 N–H and O–H groups in total. The minimum absolute atomic E-state index is 0.141. The van der Waals surface area contributed by atoms with Crippen LogP contribution in [0.25, 0.3) is 0 Å². The first-order valence-electron chi connectivity index (χ1n) is 4.72. The minimum atomic E-state index is -4.73. The number of hydrogen-bond donors (Lipinski definition) is 1. The highest BCUT2D eigenvalue weighted by Crippen LogP contribution is 2.20. The number of benzene rings is 1. The predicted molar refractivity (Wildman–Crippen MR) is 60.8 cm³/mol. The molecule has 0 saturated carbocycles. The number of carbonyl (C=O) groups is 1. The molecule has 18 heavy (non-hydrogen) atoms. The standard InChI is InChI=1S/C10H9BrF3NO3/c11-8-2-1-6(15)5-7(8)9(16)17-3-4-18-10(12,13)14/h1-2,5H,3-4,15H2. The molecule has 0 atom stereocenters. The molecular weight excluding hydrogens is 319 g/mol. The monoisotopic (exact) mass is 327 g/mol. The number of anilines is 1. The van der Waals surface area contributed by atoms with Crippen molar-refractivity contribution in [3.8, 4) is 0 Å². The molecule has 0 aliphatic rings. The third-order valence-electron chi connectivity index (χ3n) is 1.79. The highest BCUT2D eigenvalue weighted by atomic mass is 79.9. The van der Waals surface area contributed by atoms with Gasteiger partial charge < -0.3 is 10.5 Å². The van der Waals surface area contributed by atoms with Gasteiger partial charge in [0.05, 0.1) is 12.2 Å². The van der Waals surface area contributed by atoms with Crippen molar-refractivity contribution in [3.63, 3.8) is 0 Å². The van der Waals surface area contributed by atoms with Gasteiger partial charge in [-0.3, -0.25) is 4.74 Å². The SMILES string of the molecule is Nc1ccc(Br)c(C(=O)OCCOC(F)(F)F)c1. The molecule has 0 amide bonds. The van der Waals surface area contributed by atoms with Crippen LogP contribution < -0.4 is 5.73 Å². The van der Waals surface area contributed by atoms with Crippen LogP contribution in [0.1, 0.15) is 10.4 Å². The Kier molecular flexibility index (Phi) is 4.97. The lowest BCUT2D eigenvalue weighted by Gasteiger charge is -2.09. The van der Waals surface area contributed by atoms with Crippen molar-refractivity contribution in [3.05, 3.63) is 28.2 Å². The topological polar surface area (TPSA) is 61.6 Å². The van der Waals surface area contributed by atoms with Crippen molar-refractivity contribution in [1.29, 1.82) is 0 Å². The average Bonchev–Trinajstić information content (AvgIpc) is 2.26. The van der Waals surface area contributed by atoms with Gasteiger partial charge in [-0.2, -0.15) is 0 Å². The molecule has 0 aliphatic carbocycles. The summed E-state index contributed by atoms with van der Waals surface area (Å²) in [6, 6.07) is 4.46. The zero-order chi connectivity index (χ0) is 13.8. The Labute approximate surface area is 109 Å². The predicted octanol–water partition coefficient (Wildman–Crippen LogP) is 2.72. The van der Waals surface area contributed by atoms with Crippen molar-refractivity contribution >= 4 is 27.6 Å². The van der Waals surface area contributed by atoms with Gasteiger partial charge in [0.25, 0.3) is 0 Å². The fraction of sp³-hybridized carbons (Fsp3) is 0.300. The minimum Gasteiger partial charge on any atom is -0.460 e. The summed E-state index contributed by atoms with van der Waals surface area (Å²) in [6.07, 6.45) is -4.73. The lowest BCUT2D eigenvalue weighted by molar-refractivity contribution is -0.326. The second-order valence-electron chi connectivity index (χ2n) is 3.17. The first-order valence-corrected chi connectivity index (χ1v) is 5.52. The van der Waals surface area contributed by atoms with Crippen molar-refractivity contribution in [2.45, 2.75) is 6.36 Å². The van der Waals surface area contributed by atoms with E-state index in [0.29, 0.717) is 10.2 Å². The third kappa shape index (κ3) is 4.92. The average molecular weight is 328 g/mol. The molecule has 8 heteroatoms. The lowest BCUT2D eigenvalue weighted by atomic mass is 10.2. The highest BCUT2D eigenvalue weighted by Gasteiger charge is 2.28. The zero-order valence-electron chi connectivity index (χ0n) is 8.96. The van der Waals surface area contributed by atoms with E-state index in [2.05, 4.69) is 25.4 Å². The second kappa shape index (κ2) is 6.05. The van der Waals surface area contributed by atoms with Gasteiger partial charge in [0, 0.05) is 10.2 Å². The Morgan fingerprint density at radius 2 is 2.00 bits per heavy atom. The Bertz CT molecular complexity index is 437. The molecule has 0 aliphatic heterocycles. The van der Waals surface area contributed by atoms with Crippen LogP contribution in [-0.4, -0.2) is 25.5 Å². The van der Waals surface area contributed by atoms with Crippen LogP contribution in [-0.2, 0) is 9.47 Å². The van der Waals surface area contributed by atoms with E-state index in [0.717, 1.165) is 0 Å². The Morgan fingerprint density at radius 1 is 1.33 bits per heavy atom. The van der Waals surface area contributed by atoms with Crippen molar-refractivity contribution in [2.24, 2.45) is 0 Å². The number of hydrogen-bond acceptors (Lipinski definition) is 4. The molecule has 4 nitrogen and oxygen atoms in total. The Morgan fingerprint density at radius 3 is 2.61 bits per heavy atom. The van der Waals surface area contributed by atoms with Gasteiger partial charge in [-0.15, -0.1) is 13.2 Å². The molecule has 0 bridgehead atoms. The van der Waals surface area contributed by atoms with Gasteiger partial charge in [-0.25, -0.2) is 4.79 Å². The summed E-state index contributed by atoms with van der Waals surface area (Å²) in [5, 5.41) is 0. The zero-order valence-corrected chi connectivity index (χ0v) is 10.5. The first kappa shape index (κ1) is 14.8. The maximum atomic E-state index is 11.6. The fourth-order valence-electron chi connectivity index (χ4n) is 1.07. The molecule has 0 unspecified atom stereocenters. The van der Waals surface area contributed by atoms with E-state index in [4.69, 9.17) is 5.73 Å². The van der Waals surface area contributed by atoms with E-state index in [1.165, 1.54) is 12.1 Å². The number of halogens is 4. The van der Waals surface area contributed by atoms with Gasteiger partial charge in [-0.1, -0.05) is 0 Å². The summed E-state index contributed by atoms with van der Waals surface area (Å²) in [4.78, 5) is 11.5. The van der Waals surface area contributed by atoms with Crippen LogP contribution in [0.15, 0.2) is 22.7 Å². The number of carbonyl (C=O) groups excluding carboxylic acids is 1. The van der Waals surface area contributed by atoms with E-state index in [9.17, 15) is 18.0 Å². The van der Waals surface area contributed by atoms with Crippen LogP contribution in [0.3, 0.4) is 0 Å². The maximum Gasteiger partial charge on any atom is 0.522 e. The number of esters is 1. The molecule has 0 fully saturated rings. The van der Waals surface area contributed by atoms with Crippen LogP contribution in [0.5, 0.6) is 0 Å². The lowest BCUT2D eigenvalue weighted by Crippen LogP contribution is -2.19. The van der Waals surface area contributed by atoms with Gasteiger partial charge >= 0.3 is 12.3 Å². The number of ether oxygens (including phenoxy) is 2. The normalized spacial score (nSPS) is 11.3. The molecule has 100 valence electrons. The summed E-state index contributed by atoms with van der Waals surface area (Å²) in [5.41, 5.74) is 5.96. The van der Waals surface area contributed by atoms with Gasteiger partial charge in [0.2, 0.25) is 0 Å². The number of rotatable bonds is 4. The summed E-state index contributed by atoms with van der Waals surface area (Å²) in [6.45, 7) is -1.26. The third-order valence-corrected chi connectivity index (χ3v) is 2.48. The molecule has 0 heterocycles. The highest BCUT2D eigenvalue weighted by molar-refractivity contribution is 9.10. The van der Waals surface area contributed by atoms with Gasteiger partial charge in [0.1, 0.15) is 6.61 Å². The molecular formula is C10H9BrF3NO3. The second-order valence-corrected chi connectivity index (χ2v) is 4.02. The quantitative estimate of drug-likeness (QED) is 0.524. The number of nitrogen functional groups attached to an aromatic ring is 1. The van der Waals surface area contributed by atoms with Gasteiger partial charge in [-0.05, 0) is 34.1 Å². The fourth-order valence-corrected chi connectivity index (χ4v) is 1.48. The smallest absolute Gasteiger partial charge is 0.460 e. The molecule has 0 radical (unpaired) electrons. The van der Waals surface area contributed by atoms with Crippen LogP contribution in [0.2, 0.25) is 0 Å². The summed E-state index contributed by atoms with van der Waals surface area (Å²) in [7, 11) is 0. The number of nitrogens with two attached hydrogens (primary N) is 1. The molecule has 0 saturated heterocycles. The summed E-state index contributed by atoms with van der Waals surface area (Å²) >= 11 is 3.10. The van der Waals surface area contributed by atoms with Crippen LogP contribution in [0, 0.1) is 0 Å². The van der Waals surface area contributed by atoms with Crippen LogP contribution in [0.4, 0.5) is 18.9 Å². The summed E-state index contributed by atoms with van der Waals surface area (Å²) in [5.74, 6) is -0.778. The Balaban J connectivity index is 2.48. The van der Waals surface area contributed by atoms with E-state index in [-0.39, 0.29) is 5.56 Å². The maximum absolute atomic E-state index is 11.6. The molecule has 0 aromatic heterocycles. The van der Waals surface area contributed by atoms with E-state index in [1.807, 2.05) is 0 Å². The molecule has 1 aromatic rings. The molecule has 0 spiro atoms. The van der Waals surface area contributed by atoms with Crippen molar-refractivity contribution < 1.29 is 27.4 Å². The van der Waals surface area contributed by atoms with E-state index >= 15 is 0 Å². The van der Waals surface area contributed by atoms with Crippen LogP contribution >= 0.6 is 15.9 Å². The summed E-state index contributed by atoms with van der Waals surface area (Å²) < 4.78 is 43.4. The van der Waals surface area contributed by atoms with Gasteiger partial charge in [0.15, 0.2) is 0 Å². The van der Waals surface area contributed by atoms with E-state index in [1.54, 1.807) is 6.07 Å². The molecule has 1 aromatic carbocycles. The van der Waals surface area contributed by atoms with Crippen molar-refractivity contribution in [1.82, 2.24) is 0 Å². The van der Waals surface area contributed by atoms with Crippen molar-refractivity contribution in [2.75, 3.05) is 18.9 Å². The van der Waals surface area contributed by atoms with E-state index < -0.39 is 25.5 Å². The Hall–Kier alpha value is -1.28. The number of alkyl halides is 3. The largest absolute Gasteiger partial charge is 0.522 e. The molecule has 1 rings (SSSR count).